The van der Waals surface area contributed by atoms with Crippen molar-refractivity contribution in [2.24, 2.45) is 5.41 Å². The first-order valence-corrected chi connectivity index (χ1v) is 8.06. The van der Waals surface area contributed by atoms with Crippen molar-refractivity contribution in [2.75, 3.05) is 26.7 Å². The third-order valence-electron chi connectivity index (χ3n) is 4.25. The number of hydrogen-bond donors (Lipinski definition) is 1. The number of hydrogen-bond acceptors (Lipinski definition) is 3. The highest BCUT2D eigenvalue weighted by Gasteiger charge is 2.38. The maximum atomic E-state index is 12.3. The highest BCUT2D eigenvalue weighted by Crippen LogP contribution is 2.31. The van der Waals surface area contributed by atoms with Gasteiger partial charge in [-0.25, -0.2) is 4.79 Å². The van der Waals surface area contributed by atoms with Crippen LogP contribution in [-0.2, 0) is 11.2 Å². The van der Waals surface area contributed by atoms with E-state index in [1.54, 1.807) is 35.1 Å². The largest absolute Gasteiger partial charge is 0.481 e. The molecule has 1 aliphatic heterocycles. The molecule has 1 aromatic heterocycles. The number of likely N-dealkylation sites (N-methyl/N-ethyl adjacent to an activating group) is 1. The van der Waals surface area contributed by atoms with Gasteiger partial charge < -0.3 is 14.9 Å². The second-order valence-electron chi connectivity index (χ2n) is 5.89. The van der Waals surface area contributed by atoms with Crippen molar-refractivity contribution < 1.29 is 14.7 Å². The first-order chi connectivity index (χ1) is 9.92. The molecule has 0 spiro atoms. The molecule has 1 fully saturated rings. The van der Waals surface area contributed by atoms with Crippen LogP contribution in [0.3, 0.4) is 0 Å². The zero-order valence-electron chi connectivity index (χ0n) is 12.5. The van der Waals surface area contributed by atoms with Crippen LogP contribution in [-0.4, -0.2) is 53.6 Å². The Kier molecular flexibility index (Phi) is 4.88. The van der Waals surface area contributed by atoms with Crippen molar-refractivity contribution in [3.8, 4) is 0 Å². The van der Waals surface area contributed by atoms with Gasteiger partial charge in [0.15, 0.2) is 0 Å². The minimum atomic E-state index is -0.763. The van der Waals surface area contributed by atoms with E-state index in [1.165, 1.54) is 4.88 Å². The Hall–Kier alpha value is -1.56. The van der Waals surface area contributed by atoms with Gasteiger partial charge in [-0.1, -0.05) is 6.07 Å². The minimum Gasteiger partial charge on any atom is -0.481 e. The summed E-state index contributed by atoms with van der Waals surface area (Å²) < 4.78 is 0. The fourth-order valence-corrected chi connectivity index (χ4v) is 3.17. The summed E-state index contributed by atoms with van der Waals surface area (Å²) in [4.78, 5) is 28.3. The second-order valence-corrected chi connectivity index (χ2v) is 6.92. The van der Waals surface area contributed by atoms with Crippen LogP contribution in [0.4, 0.5) is 4.79 Å². The standard InChI is InChI=1S/C15H22N2O3S/c1-15(13(18)19)6-9-17(10-7-15)14(20)16(2)8-5-12-4-3-11-21-12/h3-4,11H,5-10H2,1-2H3,(H,18,19). The summed E-state index contributed by atoms with van der Waals surface area (Å²) in [6, 6.07) is 4.08. The van der Waals surface area contributed by atoms with E-state index < -0.39 is 11.4 Å². The zero-order chi connectivity index (χ0) is 15.5. The molecule has 2 heterocycles. The van der Waals surface area contributed by atoms with Crippen LogP contribution in [0.25, 0.3) is 0 Å². The molecule has 1 aliphatic rings. The van der Waals surface area contributed by atoms with Gasteiger partial charge in [0, 0.05) is 31.6 Å². The first kappa shape index (κ1) is 15.8. The Labute approximate surface area is 129 Å². The lowest BCUT2D eigenvalue weighted by atomic mass is 9.80. The molecule has 0 atom stereocenters. The van der Waals surface area contributed by atoms with Gasteiger partial charge >= 0.3 is 12.0 Å². The third kappa shape index (κ3) is 3.75. The quantitative estimate of drug-likeness (QED) is 0.929. The third-order valence-corrected chi connectivity index (χ3v) is 5.19. The van der Waals surface area contributed by atoms with Crippen molar-refractivity contribution in [3.05, 3.63) is 22.4 Å². The molecule has 0 aliphatic carbocycles. The van der Waals surface area contributed by atoms with Gasteiger partial charge in [-0.2, -0.15) is 0 Å². The predicted molar refractivity (Wildman–Crippen MR) is 82.6 cm³/mol. The smallest absolute Gasteiger partial charge is 0.319 e. The molecule has 6 heteroatoms. The summed E-state index contributed by atoms with van der Waals surface area (Å²) in [6.07, 6.45) is 1.90. The summed E-state index contributed by atoms with van der Waals surface area (Å²) in [7, 11) is 1.81. The number of carboxylic acids is 1. The Morgan fingerprint density at radius 2 is 2.10 bits per heavy atom. The Morgan fingerprint density at radius 3 is 2.62 bits per heavy atom. The molecule has 116 valence electrons. The lowest BCUT2D eigenvalue weighted by Gasteiger charge is -2.38. The normalized spacial score (nSPS) is 17.5. The minimum absolute atomic E-state index is 0.000931. The Bertz CT molecular complexity index is 493. The SMILES string of the molecule is CN(CCc1cccs1)C(=O)N1CCC(C)(C(=O)O)CC1. The molecule has 21 heavy (non-hydrogen) atoms. The molecule has 0 unspecified atom stereocenters. The number of thiophene rings is 1. The summed E-state index contributed by atoms with van der Waals surface area (Å²) >= 11 is 1.70. The highest BCUT2D eigenvalue weighted by molar-refractivity contribution is 7.09. The number of amides is 2. The van der Waals surface area contributed by atoms with Gasteiger partial charge in [0.2, 0.25) is 0 Å². The van der Waals surface area contributed by atoms with Crippen molar-refractivity contribution in [3.63, 3.8) is 0 Å². The van der Waals surface area contributed by atoms with E-state index in [9.17, 15) is 14.7 Å². The fraction of sp³-hybridized carbons (Fsp3) is 0.600. The van der Waals surface area contributed by atoms with Gasteiger partial charge in [-0.3, -0.25) is 4.79 Å². The maximum absolute atomic E-state index is 12.3. The lowest BCUT2D eigenvalue weighted by Crippen LogP contribution is -2.49. The number of urea groups is 1. The molecule has 2 rings (SSSR count). The number of nitrogens with zero attached hydrogens (tertiary/aromatic N) is 2. The topological polar surface area (TPSA) is 60.9 Å². The molecule has 0 aromatic carbocycles. The second kappa shape index (κ2) is 6.47. The number of likely N-dealkylation sites (tertiary alicyclic amines) is 1. The van der Waals surface area contributed by atoms with E-state index in [4.69, 9.17) is 0 Å². The van der Waals surface area contributed by atoms with Crippen LogP contribution in [0.15, 0.2) is 17.5 Å². The van der Waals surface area contributed by atoms with Crippen LogP contribution in [0, 0.1) is 5.41 Å². The molecule has 1 saturated heterocycles. The van der Waals surface area contributed by atoms with Crippen LogP contribution >= 0.6 is 11.3 Å². The van der Waals surface area contributed by atoms with E-state index in [0.29, 0.717) is 32.5 Å². The van der Waals surface area contributed by atoms with E-state index in [-0.39, 0.29) is 6.03 Å². The van der Waals surface area contributed by atoms with Gasteiger partial charge in [0.25, 0.3) is 0 Å². The van der Waals surface area contributed by atoms with Crippen LogP contribution in [0.1, 0.15) is 24.6 Å². The number of carbonyl (C=O) groups excluding carboxylic acids is 1. The predicted octanol–water partition coefficient (Wildman–Crippen LogP) is 2.53. The summed E-state index contributed by atoms with van der Waals surface area (Å²) in [5, 5.41) is 11.2. The van der Waals surface area contributed by atoms with Crippen LogP contribution < -0.4 is 0 Å². The zero-order valence-corrected chi connectivity index (χ0v) is 13.4. The molecule has 1 N–H and O–H groups in total. The van der Waals surface area contributed by atoms with E-state index in [2.05, 4.69) is 6.07 Å². The van der Waals surface area contributed by atoms with Crippen LogP contribution in [0.5, 0.6) is 0 Å². The number of piperidine rings is 1. The molecular formula is C15H22N2O3S. The molecule has 0 radical (unpaired) electrons. The molecule has 1 aromatic rings. The lowest BCUT2D eigenvalue weighted by molar-refractivity contribution is -0.150. The van der Waals surface area contributed by atoms with Crippen LogP contribution in [0.2, 0.25) is 0 Å². The molecular weight excluding hydrogens is 288 g/mol. The first-order valence-electron chi connectivity index (χ1n) is 7.18. The van der Waals surface area contributed by atoms with Crippen molar-refractivity contribution >= 4 is 23.3 Å². The van der Waals surface area contributed by atoms with E-state index in [0.717, 1.165) is 6.42 Å². The molecule has 5 nitrogen and oxygen atoms in total. The van der Waals surface area contributed by atoms with Crippen molar-refractivity contribution in [1.29, 1.82) is 0 Å². The number of carboxylic acid groups (broad SMARTS) is 1. The Balaban J connectivity index is 1.82. The molecule has 0 saturated carbocycles. The summed E-state index contributed by atoms with van der Waals surface area (Å²) in [5.41, 5.74) is -0.688. The summed E-state index contributed by atoms with van der Waals surface area (Å²) in [5.74, 6) is -0.763. The fourth-order valence-electron chi connectivity index (χ4n) is 2.48. The molecule has 0 bridgehead atoms. The van der Waals surface area contributed by atoms with Crippen molar-refractivity contribution in [2.45, 2.75) is 26.2 Å². The van der Waals surface area contributed by atoms with E-state index in [1.807, 2.05) is 11.4 Å². The number of rotatable bonds is 4. The number of carbonyl (C=O) groups is 2. The Morgan fingerprint density at radius 1 is 1.43 bits per heavy atom. The van der Waals surface area contributed by atoms with Gasteiger partial charge in [0.1, 0.15) is 0 Å². The van der Waals surface area contributed by atoms with Crippen molar-refractivity contribution in [1.82, 2.24) is 9.80 Å². The average Bonchev–Trinajstić information content (AvgIpc) is 2.98. The highest BCUT2D eigenvalue weighted by atomic mass is 32.1. The molecule has 2 amide bonds. The van der Waals surface area contributed by atoms with Gasteiger partial charge in [-0.05, 0) is 37.6 Å². The monoisotopic (exact) mass is 310 g/mol. The number of aliphatic carboxylic acids is 1. The maximum Gasteiger partial charge on any atom is 0.319 e. The van der Waals surface area contributed by atoms with E-state index >= 15 is 0 Å². The van der Waals surface area contributed by atoms with Gasteiger partial charge in [0.05, 0.1) is 5.41 Å². The van der Waals surface area contributed by atoms with Gasteiger partial charge in [-0.15, -0.1) is 11.3 Å². The summed E-state index contributed by atoms with van der Waals surface area (Å²) in [6.45, 7) is 3.49. The average molecular weight is 310 g/mol.